The van der Waals surface area contributed by atoms with E-state index in [9.17, 15) is 14.7 Å². The van der Waals surface area contributed by atoms with Gasteiger partial charge in [-0.2, -0.15) is 0 Å². The minimum absolute atomic E-state index is 0.0638. The molecule has 0 saturated carbocycles. The number of aromatic carboxylic acids is 1. The molecule has 0 radical (unpaired) electrons. The number of carboxylic acids is 1. The second-order valence-electron chi connectivity index (χ2n) is 6.57. The first-order valence-electron chi connectivity index (χ1n) is 7.43. The molecule has 0 saturated heterocycles. The number of carbonyl (C=O) groups excluding carboxylic acids is 1. The monoisotopic (exact) mass is 339 g/mol. The summed E-state index contributed by atoms with van der Waals surface area (Å²) in [5.74, 6) is -1.31. The Bertz CT molecular complexity index is 633. The van der Waals surface area contributed by atoms with Crippen LogP contribution in [0, 0.1) is 20.8 Å². The average Bonchev–Trinajstić information content (AvgIpc) is 2.38. The molecule has 0 atom stereocenters. The molecule has 0 aromatic heterocycles. The molecule has 23 heavy (non-hydrogen) atoms. The first-order chi connectivity index (χ1) is 10.5. The van der Waals surface area contributed by atoms with Crippen LogP contribution in [0.3, 0.4) is 0 Å². The number of ether oxygens (including phenoxy) is 1. The molecule has 1 aromatic rings. The number of carbonyl (C=O) groups is 2. The Kier molecular flexibility index (Phi) is 6.25. The summed E-state index contributed by atoms with van der Waals surface area (Å²) in [4.78, 5) is 23.9. The molecule has 0 fully saturated rings. The molecule has 0 amide bonds. The van der Waals surface area contributed by atoms with Gasteiger partial charge in [0.1, 0.15) is 5.60 Å². The number of carboxylic acid groups (broad SMARTS) is 1. The van der Waals surface area contributed by atoms with E-state index in [0.29, 0.717) is 22.6 Å². The summed E-state index contributed by atoms with van der Waals surface area (Å²) in [6.07, 6.45) is 0. The Morgan fingerprint density at radius 2 is 1.70 bits per heavy atom. The number of hydrogen-bond donors (Lipinski definition) is 3. The number of rotatable bonds is 5. The normalized spacial score (nSPS) is 11.4. The molecular weight excluding hydrogens is 314 g/mol. The third-order valence-corrected chi connectivity index (χ3v) is 4.24. The maximum Gasteiger partial charge on any atom is 0.336 e. The molecule has 0 unspecified atom stereocenters. The predicted molar refractivity (Wildman–Crippen MR) is 92.4 cm³/mol. The van der Waals surface area contributed by atoms with Crippen molar-refractivity contribution in [3.63, 3.8) is 0 Å². The number of benzene rings is 1. The van der Waals surface area contributed by atoms with Crippen molar-refractivity contribution in [1.82, 2.24) is 5.32 Å². The van der Waals surface area contributed by atoms with Gasteiger partial charge >= 0.3 is 11.9 Å². The van der Waals surface area contributed by atoms with E-state index in [2.05, 4.69) is 17.9 Å². The van der Waals surface area contributed by atoms with Crippen LogP contribution in [-0.2, 0) is 16.1 Å². The molecule has 2 N–H and O–H groups in total. The van der Waals surface area contributed by atoms with Gasteiger partial charge in [-0.05, 0) is 63.8 Å². The zero-order chi connectivity index (χ0) is 17.9. The molecule has 0 spiro atoms. The topological polar surface area (TPSA) is 75.6 Å². The van der Waals surface area contributed by atoms with Gasteiger partial charge in [0, 0.05) is 11.4 Å². The predicted octanol–water partition coefficient (Wildman–Crippen LogP) is 3.03. The summed E-state index contributed by atoms with van der Waals surface area (Å²) in [7, 11) is 0. The van der Waals surface area contributed by atoms with Crippen molar-refractivity contribution in [2.75, 3.05) is 6.54 Å². The fourth-order valence-corrected chi connectivity index (χ4v) is 2.76. The molecular formula is C17H25NO4S. The summed E-state index contributed by atoms with van der Waals surface area (Å²) < 4.78 is 5.23. The van der Waals surface area contributed by atoms with Gasteiger partial charge in [-0.25, -0.2) is 4.79 Å². The Morgan fingerprint density at radius 1 is 1.13 bits per heavy atom. The van der Waals surface area contributed by atoms with E-state index < -0.39 is 11.6 Å². The fraction of sp³-hybridized carbons (Fsp3) is 0.529. The van der Waals surface area contributed by atoms with Gasteiger partial charge in [-0.15, -0.1) is 12.6 Å². The van der Waals surface area contributed by atoms with Crippen LogP contribution in [0.15, 0.2) is 4.90 Å². The Balaban J connectivity index is 2.94. The van der Waals surface area contributed by atoms with Gasteiger partial charge in [0.2, 0.25) is 0 Å². The van der Waals surface area contributed by atoms with Crippen molar-refractivity contribution in [1.29, 1.82) is 0 Å². The minimum atomic E-state index is -0.969. The quantitative estimate of drug-likeness (QED) is 0.568. The summed E-state index contributed by atoms with van der Waals surface area (Å²) in [5, 5.41) is 12.4. The number of esters is 1. The highest BCUT2D eigenvalue weighted by Gasteiger charge is 2.20. The second kappa shape index (κ2) is 7.36. The highest BCUT2D eigenvalue weighted by atomic mass is 32.1. The van der Waals surface area contributed by atoms with Crippen LogP contribution in [-0.4, -0.2) is 29.2 Å². The summed E-state index contributed by atoms with van der Waals surface area (Å²) >= 11 is 4.43. The van der Waals surface area contributed by atoms with Gasteiger partial charge in [-0.1, -0.05) is 0 Å². The Labute approximate surface area is 142 Å². The number of thiol groups is 1. The maximum absolute atomic E-state index is 11.7. The van der Waals surface area contributed by atoms with E-state index in [1.54, 1.807) is 13.8 Å². The lowest BCUT2D eigenvalue weighted by atomic mass is 9.93. The lowest BCUT2D eigenvalue weighted by Crippen LogP contribution is -2.31. The first-order valence-corrected chi connectivity index (χ1v) is 7.88. The third kappa shape index (κ3) is 4.97. The molecule has 128 valence electrons. The lowest BCUT2D eigenvalue weighted by Gasteiger charge is -2.21. The van der Waals surface area contributed by atoms with Gasteiger partial charge < -0.3 is 15.2 Å². The van der Waals surface area contributed by atoms with Gasteiger partial charge in [0.05, 0.1) is 12.1 Å². The highest BCUT2D eigenvalue weighted by Crippen LogP contribution is 2.29. The van der Waals surface area contributed by atoms with E-state index in [4.69, 9.17) is 4.74 Å². The SMILES string of the molecule is Cc1c(S)c(C)c(C(=O)O)c(C)c1CNCC(=O)OC(C)(C)C. The highest BCUT2D eigenvalue weighted by molar-refractivity contribution is 7.80. The van der Waals surface area contributed by atoms with Crippen molar-refractivity contribution in [3.05, 3.63) is 27.8 Å². The Morgan fingerprint density at radius 3 is 2.17 bits per heavy atom. The van der Waals surface area contributed by atoms with Gasteiger partial charge in [0.25, 0.3) is 0 Å². The number of nitrogens with one attached hydrogen (secondary N) is 1. The molecule has 0 heterocycles. The van der Waals surface area contributed by atoms with Crippen LogP contribution in [0.5, 0.6) is 0 Å². The standard InChI is InChI=1S/C17H25NO4S/c1-9-12(7-18-8-13(19)22-17(4,5)6)10(2)15(23)11(3)14(9)16(20)21/h18,23H,7-8H2,1-6H3,(H,20,21). The number of hydrogen-bond acceptors (Lipinski definition) is 5. The van der Waals surface area contributed by atoms with Crippen LogP contribution in [0.2, 0.25) is 0 Å². The second-order valence-corrected chi connectivity index (χ2v) is 7.02. The maximum atomic E-state index is 11.7. The summed E-state index contributed by atoms with van der Waals surface area (Å²) in [6, 6.07) is 0. The largest absolute Gasteiger partial charge is 0.478 e. The van der Waals surface area contributed by atoms with E-state index >= 15 is 0 Å². The van der Waals surface area contributed by atoms with Crippen molar-refractivity contribution in [3.8, 4) is 0 Å². The smallest absolute Gasteiger partial charge is 0.336 e. The summed E-state index contributed by atoms with van der Waals surface area (Å²) in [5.41, 5.74) is 2.87. The van der Waals surface area contributed by atoms with Crippen LogP contribution in [0.1, 0.15) is 53.4 Å². The average molecular weight is 339 g/mol. The molecule has 0 bridgehead atoms. The molecule has 6 heteroatoms. The fourth-order valence-electron chi connectivity index (χ4n) is 2.51. The Hall–Kier alpha value is -1.53. The van der Waals surface area contributed by atoms with Gasteiger partial charge in [0.15, 0.2) is 0 Å². The molecule has 5 nitrogen and oxygen atoms in total. The van der Waals surface area contributed by atoms with E-state index in [-0.39, 0.29) is 18.1 Å². The van der Waals surface area contributed by atoms with Crippen LogP contribution >= 0.6 is 12.6 Å². The van der Waals surface area contributed by atoms with Gasteiger partial charge in [-0.3, -0.25) is 4.79 Å². The third-order valence-electron chi connectivity index (χ3n) is 3.57. The van der Waals surface area contributed by atoms with Crippen LogP contribution < -0.4 is 5.32 Å². The molecule has 1 rings (SSSR count). The minimum Gasteiger partial charge on any atom is -0.478 e. The van der Waals surface area contributed by atoms with Crippen LogP contribution in [0.25, 0.3) is 0 Å². The van der Waals surface area contributed by atoms with E-state index in [1.807, 2.05) is 27.7 Å². The zero-order valence-electron chi connectivity index (χ0n) is 14.5. The summed E-state index contributed by atoms with van der Waals surface area (Å²) in [6.45, 7) is 11.3. The van der Waals surface area contributed by atoms with Crippen molar-refractivity contribution in [2.45, 2.75) is 58.6 Å². The molecule has 1 aromatic carbocycles. The molecule has 0 aliphatic heterocycles. The zero-order valence-corrected chi connectivity index (χ0v) is 15.4. The van der Waals surface area contributed by atoms with Crippen molar-refractivity contribution >= 4 is 24.6 Å². The molecule has 0 aliphatic rings. The first kappa shape index (κ1) is 19.5. The van der Waals surface area contributed by atoms with Crippen LogP contribution in [0.4, 0.5) is 0 Å². The lowest BCUT2D eigenvalue weighted by molar-refractivity contribution is -0.153. The van der Waals surface area contributed by atoms with Crippen molar-refractivity contribution in [2.24, 2.45) is 0 Å². The van der Waals surface area contributed by atoms with Crippen molar-refractivity contribution < 1.29 is 19.4 Å². The van der Waals surface area contributed by atoms with E-state index in [0.717, 1.165) is 11.1 Å². The van der Waals surface area contributed by atoms with E-state index in [1.165, 1.54) is 0 Å². The molecule has 0 aliphatic carbocycles.